The molecule has 0 bridgehead atoms. The number of carboxylic acids is 1. The van der Waals surface area contributed by atoms with Gasteiger partial charge >= 0.3 is 17.9 Å². The SMILES string of the molecule is CCCCCCCCCCCCCCCCCCCCCCCCCCCCCCCCCCC(=O)OC(COC(=O)CCCCCCCCCCCCCCCCCCCCCCCCCC)COC(OCC[N+](C)(C)C)C(=O)O. The predicted molar refractivity (Wildman–Crippen MR) is 346 cm³/mol. The van der Waals surface area contributed by atoms with Gasteiger partial charge in [-0.15, -0.1) is 0 Å². The molecule has 2 unspecified atom stereocenters. The van der Waals surface area contributed by atoms with Gasteiger partial charge < -0.3 is 28.5 Å². The van der Waals surface area contributed by atoms with Crippen molar-refractivity contribution >= 4 is 17.9 Å². The number of unbranched alkanes of at least 4 members (excludes halogenated alkanes) is 54. The van der Waals surface area contributed by atoms with Gasteiger partial charge in [0.05, 0.1) is 34.4 Å². The molecule has 0 radical (unpaired) electrons. The second-order valence-corrected chi connectivity index (χ2v) is 26.3. The number of hydrogen-bond donors (Lipinski definition) is 1. The zero-order valence-electron chi connectivity index (χ0n) is 55.2. The Hall–Kier alpha value is -1.71. The van der Waals surface area contributed by atoms with E-state index in [0.717, 1.165) is 38.5 Å². The summed E-state index contributed by atoms with van der Waals surface area (Å²) in [4.78, 5) is 37.6. The number of hydrogen-bond acceptors (Lipinski definition) is 7. The van der Waals surface area contributed by atoms with Crippen LogP contribution in [0.15, 0.2) is 0 Å². The highest BCUT2D eigenvalue weighted by molar-refractivity contribution is 5.71. The van der Waals surface area contributed by atoms with E-state index < -0.39 is 18.4 Å². The first-order chi connectivity index (χ1) is 39.6. The normalized spacial score (nSPS) is 12.6. The van der Waals surface area contributed by atoms with E-state index in [1.165, 1.54) is 321 Å². The standard InChI is InChI=1S/C72H141NO8/c1-6-8-10-12-14-16-18-20-22-24-26-28-30-32-33-34-35-36-37-38-39-41-43-45-47-49-51-53-55-57-59-61-63-70(75)81-68(67-80-72(71(76)77)78-65-64-73(3,4)5)66-79-69(74)62-60-58-56-54-52-50-48-46-44-42-40-31-29-27-25-23-21-19-17-15-13-11-9-7-2/h68,72H,6-67H2,1-5H3/p+1. The van der Waals surface area contributed by atoms with Crippen molar-refractivity contribution in [3.05, 3.63) is 0 Å². The Morgan fingerprint density at radius 2 is 0.556 bits per heavy atom. The summed E-state index contributed by atoms with van der Waals surface area (Å²) in [6, 6.07) is 0. The van der Waals surface area contributed by atoms with Crippen molar-refractivity contribution < 1.29 is 42.9 Å². The van der Waals surface area contributed by atoms with Crippen LogP contribution in [0.25, 0.3) is 0 Å². The van der Waals surface area contributed by atoms with Crippen molar-refractivity contribution in [2.75, 3.05) is 47.5 Å². The van der Waals surface area contributed by atoms with Crippen molar-refractivity contribution in [1.82, 2.24) is 0 Å². The number of rotatable bonds is 69. The van der Waals surface area contributed by atoms with Crippen LogP contribution in [-0.2, 0) is 33.3 Å². The zero-order chi connectivity index (χ0) is 59.1. The number of ether oxygens (including phenoxy) is 4. The van der Waals surface area contributed by atoms with Crippen LogP contribution >= 0.6 is 0 Å². The van der Waals surface area contributed by atoms with Gasteiger partial charge in [0.2, 0.25) is 0 Å². The Morgan fingerprint density at radius 3 is 0.790 bits per heavy atom. The molecule has 1 N–H and O–H groups in total. The van der Waals surface area contributed by atoms with E-state index in [1.54, 1.807) is 0 Å². The molecule has 0 aliphatic heterocycles. The number of esters is 2. The Morgan fingerprint density at radius 1 is 0.321 bits per heavy atom. The molecule has 9 nitrogen and oxygen atoms in total. The van der Waals surface area contributed by atoms with Gasteiger partial charge in [0, 0.05) is 12.8 Å². The summed E-state index contributed by atoms with van der Waals surface area (Å²) in [5.41, 5.74) is 0. The van der Waals surface area contributed by atoms with Crippen LogP contribution in [0.1, 0.15) is 386 Å². The fraction of sp³-hybridized carbons (Fsp3) is 0.958. The molecule has 0 aromatic carbocycles. The van der Waals surface area contributed by atoms with Crippen molar-refractivity contribution in [3.8, 4) is 0 Å². The summed E-state index contributed by atoms with van der Waals surface area (Å²) in [5, 5.41) is 9.75. The van der Waals surface area contributed by atoms with Gasteiger partial charge in [-0.3, -0.25) is 9.59 Å². The number of carbonyl (C=O) groups excluding carboxylic acids is 2. The average molecular weight is 1150 g/mol. The third-order valence-corrected chi connectivity index (χ3v) is 16.9. The Kier molecular flexibility index (Phi) is 62.9. The smallest absolute Gasteiger partial charge is 0.361 e. The van der Waals surface area contributed by atoms with Crippen molar-refractivity contribution in [2.45, 2.75) is 399 Å². The molecule has 0 spiro atoms. The van der Waals surface area contributed by atoms with Crippen LogP contribution in [0.3, 0.4) is 0 Å². The number of aliphatic carboxylic acids is 1. The highest BCUT2D eigenvalue weighted by atomic mass is 16.7. The van der Waals surface area contributed by atoms with Crippen LogP contribution in [0.4, 0.5) is 0 Å². The molecule has 0 fully saturated rings. The largest absolute Gasteiger partial charge is 0.477 e. The van der Waals surface area contributed by atoms with E-state index in [0.29, 0.717) is 17.4 Å². The predicted octanol–water partition coefficient (Wildman–Crippen LogP) is 22.3. The van der Waals surface area contributed by atoms with E-state index >= 15 is 0 Å². The third kappa shape index (κ3) is 65.7. The van der Waals surface area contributed by atoms with Crippen LogP contribution < -0.4 is 0 Å². The first-order valence-corrected chi connectivity index (χ1v) is 36.2. The van der Waals surface area contributed by atoms with Gasteiger partial charge in [-0.05, 0) is 12.8 Å². The van der Waals surface area contributed by atoms with Gasteiger partial charge in [0.1, 0.15) is 13.2 Å². The molecule has 0 aliphatic rings. The lowest BCUT2D eigenvalue weighted by Crippen LogP contribution is -2.40. The van der Waals surface area contributed by atoms with E-state index in [2.05, 4.69) is 13.8 Å². The molecule has 482 valence electrons. The lowest BCUT2D eigenvalue weighted by Gasteiger charge is -2.25. The number of carboxylic acid groups (broad SMARTS) is 1. The summed E-state index contributed by atoms with van der Waals surface area (Å²) in [7, 11) is 6.00. The minimum absolute atomic E-state index is 0.172. The zero-order valence-corrected chi connectivity index (χ0v) is 55.2. The molecule has 0 aromatic rings. The minimum Gasteiger partial charge on any atom is -0.477 e. The molecule has 0 amide bonds. The van der Waals surface area contributed by atoms with Gasteiger partial charge in [-0.2, -0.15) is 0 Å². The first kappa shape index (κ1) is 79.3. The summed E-state index contributed by atoms with van der Waals surface area (Å²) >= 11 is 0. The molecule has 0 rings (SSSR count). The molecular formula is C72H142NO8+. The summed E-state index contributed by atoms with van der Waals surface area (Å²) in [6.07, 6.45) is 73.8. The van der Waals surface area contributed by atoms with Gasteiger partial charge in [-0.25, -0.2) is 4.79 Å². The van der Waals surface area contributed by atoms with Crippen LogP contribution in [0.2, 0.25) is 0 Å². The third-order valence-electron chi connectivity index (χ3n) is 16.9. The van der Waals surface area contributed by atoms with Gasteiger partial charge in [0.25, 0.3) is 6.29 Å². The molecule has 0 aliphatic carbocycles. The van der Waals surface area contributed by atoms with E-state index in [-0.39, 0.29) is 38.2 Å². The van der Waals surface area contributed by atoms with Crippen LogP contribution in [-0.4, -0.2) is 87.4 Å². The molecule has 0 aromatic heterocycles. The molecule has 81 heavy (non-hydrogen) atoms. The second-order valence-electron chi connectivity index (χ2n) is 26.3. The fourth-order valence-electron chi connectivity index (χ4n) is 11.3. The summed E-state index contributed by atoms with van der Waals surface area (Å²) < 4.78 is 23.0. The molecule has 0 saturated heterocycles. The molecule has 2 atom stereocenters. The highest BCUT2D eigenvalue weighted by Crippen LogP contribution is 2.20. The lowest BCUT2D eigenvalue weighted by molar-refractivity contribution is -0.870. The van der Waals surface area contributed by atoms with Crippen molar-refractivity contribution in [2.24, 2.45) is 0 Å². The maximum atomic E-state index is 12.9. The van der Waals surface area contributed by atoms with Crippen molar-refractivity contribution in [1.29, 1.82) is 0 Å². The molecule has 0 heterocycles. The molecule has 9 heteroatoms. The quantitative estimate of drug-likeness (QED) is 0.0278. The van der Waals surface area contributed by atoms with Crippen LogP contribution in [0.5, 0.6) is 0 Å². The first-order valence-electron chi connectivity index (χ1n) is 36.2. The monoisotopic (exact) mass is 1150 g/mol. The topological polar surface area (TPSA) is 108 Å². The van der Waals surface area contributed by atoms with Crippen LogP contribution in [0, 0.1) is 0 Å². The molecular weight excluding hydrogens is 1010 g/mol. The Bertz CT molecular complexity index is 1290. The number of quaternary nitrogens is 1. The lowest BCUT2D eigenvalue weighted by atomic mass is 10.0. The summed E-state index contributed by atoms with van der Waals surface area (Å²) in [6.45, 7) is 4.98. The van der Waals surface area contributed by atoms with E-state index in [9.17, 15) is 19.5 Å². The maximum Gasteiger partial charge on any atom is 0.361 e. The molecule has 0 saturated carbocycles. The van der Waals surface area contributed by atoms with Gasteiger partial charge in [-0.1, -0.05) is 361 Å². The number of likely N-dealkylation sites (N-methyl/N-ethyl adjacent to an activating group) is 1. The van der Waals surface area contributed by atoms with E-state index in [4.69, 9.17) is 18.9 Å². The number of carbonyl (C=O) groups is 3. The summed E-state index contributed by atoms with van der Waals surface area (Å²) in [5.74, 6) is -1.96. The maximum absolute atomic E-state index is 12.9. The fourth-order valence-corrected chi connectivity index (χ4v) is 11.3. The van der Waals surface area contributed by atoms with Gasteiger partial charge in [0.15, 0.2) is 6.10 Å². The Labute approximate surface area is 504 Å². The average Bonchev–Trinajstić information content (AvgIpc) is 3.44. The highest BCUT2D eigenvalue weighted by Gasteiger charge is 2.25. The number of nitrogens with zero attached hydrogens (tertiary/aromatic N) is 1. The minimum atomic E-state index is -1.50. The van der Waals surface area contributed by atoms with Crippen molar-refractivity contribution in [3.63, 3.8) is 0 Å². The second kappa shape index (κ2) is 64.3. The Balaban J connectivity index is 4.01. The van der Waals surface area contributed by atoms with E-state index in [1.807, 2.05) is 21.1 Å².